The van der Waals surface area contributed by atoms with Gasteiger partial charge < -0.3 is 14.7 Å². The van der Waals surface area contributed by atoms with Crippen LogP contribution in [0.5, 0.6) is 0 Å². The first-order valence-corrected chi connectivity index (χ1v) is 5.41. The number of morpholine rings is 1. The first kappa shape index (κ1) is 12.4. The number of rotatable bonds is 3. The molecule has 1 fully saturated rings. The van der Waals surface area contributed by atoms with E-state index in [2.05, 4.69) is 4.18 Å². The summed E-state index contributed by atoms with van der Waals surface area (Å²) in [5.41, 5.74) is 0. The maximum atomic E-state index is 10.7. The molecule has 15 heavy (non-hydrogen) atoms. The lowest BCUT2D eigenvalue weighted by Gasteiger charge is -2.33. The molecule has 2 N–H and O–H groups in total. The Morgan fingerprint density at radius 1 is 1.73 bits per heavy atom. The van der Waals surface area contributed by atoms with Crippen molar-refractivity contribution in [3.05, 3.63) is 0 Å². The summed E-state index contributed by atoms with van der Waals surface area (Å²) < 4.78 is 28.7. The quantitative estimate of drug-likeness (QED) is 0.668. The van der Waals surface area contributed by atoms with Gasteiger partial charge in [0.25, 0.3) is 0 Å². The molecule has 1 rings (SSSR count). The number of hydrogen-bond donors (Lipinski definition) is 2. The van der Waals surface area contributed by atoms with Crippen molar-refractivity contribution in [3.63, 3.8) is 0 Å². The monoisotopic (exact) mass is 239 g/mol. The maximum absolute atomic E-state index is 10.7. The lowest BCUT2D eigenvalue weighted by atomic mass is 10.2. The van der Waals surface area contributed by atoms with Crippen LogP contribution in [0.1, 0.15) is 6.92 Å². The predicted molar refractivity (Wildman–Crippen MR) is 50.7 cm³/mol. The minimum absolute atomic E-state index is 0.147. The molecule has 1 aliphatic heterocycles. The van der Waals surface area contributed by atoms with Gasteiger partial charge >= 0.3 is 17.5 Å². The van der Waals surface area contributed by atoms with Crippen molar-refractivity contribution >= 4 is 17.5 Å². The Labute approximate surface area is 89.5 Å². The second-order valence-corrected chi connectivity index (χ2v) is 3.78. The van der Waals surface area contributed by atoms with Gasteiger partial charge in [-0.05, 0) is 6.92 Å². The highest BCUT2D eigenvalue weighted by atomic mass is 32.2. The normalized spacial score (nSPS) is 26.0. The van der Waals surface area contributed by atoms with Crippen LogP contribution in [0.15, 0.2) is 0 Å². The Hall–Kier alpha value is -0.700. The summed E-state index contributed by atoms with van der Waals surface area (Å²) in [5.74, 6) is 0. The fraction of sp³-hybridized carbons (Fsp3) is 0.857. The van der Waals surface area contributed by atoms with Crippen LogP contribution in [0.25, 0.3) is 0 Å². The molecule has 0 aromatic rings. The number of amides is 1. The summed E-state index contributed by atoms with van der Waals surface area (Å²) >= 11 is -2.37. The number of carbonyl (C=O) groups is 1. The van der Waals surface area contributed by atoms with E-state index in [0.717, 1.165) is 0 Å². The third-order valence-electron chi connectivity index (χ3n) is 2.12. The van der Waals surface area contributed by atoms with Crippen LogP contribution in [0, 0.1) is 0 Å². The van der Waals surface area contributed by atoms with Gasteiger partial charge in [0.1, 0.15) is 12.2 Å². The van der Waals surface area contributed by atoms with E-state index in [-0.39, 0.29) is 13.2 Å². The number of hydrogen-bond acceptors (Lipinski definition) is 4. The second kappa shape index (κ2) is 5.40. The molecule has 8 heteroatoms. The van der Waals surface area contributed by atoms with Crippen LogP contribution in [-0.4, -0.2) is 56.8 Å². The summed E-state index contributed by atoms with van der Waals surface area (Å²) in [4.78, 5) is 11.9. The van der Waals surface area contributed by atoms with Gasteiger partial charge in [-0.1, -0.05) is 0 Å². The van der Waals surface area contributed by atoms with Gasteiger partial charge in [-0.15, -0.1) is 0 Å². The smallest absolute Gasteiger partial charge is 0.407 e. The molecule has 7 nitrogen and oxygen atoms in total. The fourth-order valence-electron chi connectivity index (χ4n) is 1.32. The second-order valence-electron chi connectivity index (χ2n) is 3.16. The van der Waals surface area contributed by atoms with Gasteiger partial charge in [0.15, 0.2) is 0 Å². The molecule has 2 unspecified atom stereocenters. The van der Waals surface area contributed by atoms with E-state index in [1.165, 1.54) is 4.90 Å². The number of ether oxygens (including phenoxy) is 1. The highest BCUT2D eigenvalue weighted by Gasteiger charge is 2.29. The van der Waals surface area contributed by atoms with Crippen molar-refractivity contribution in [2.24, 2.45) is 0 Å². The van der Waals surface area contributed by atoms with E-state index < -0.39 is 29.7 Å². The van der Waals surface area contributed by atoms with E-state index in [4.69, 9.17) is 14.4 Å². The molecule has 0 bridgehead atoms. The Morgan fingerprint density at radius 3 is 2.93 bits per heavy atom. The Morgan fingerprint density at radius 2 is 2.40 bits per heavy atom. The average Bonchev–Trinajstić information content (AvgIpc) is 2.17. The minimum atomic E-state index is -2.37. The summed E-state index contributed by atoms with van der Waals surface area (Å²) in [6.07, 6.45) is -2.16. The van der Waals surface area contributed by atoms with Crippen molar-refractivity contribution in [1.82, 2.24) is 4.90 Å². The third kappa shape index (κ3) is 3.74. The zero-order chi connectivity index (χ0) is 11.4. The van der Waals surface area contributed by atoms with Gasteiger partial charge in [-0.3, -0.25) is 8.74 Å². The average molecular weight is 239 g/mol. The first-order valence-electron chi connectivity index (χ1n) is 4.38. The van der Waals surface area contributed by atoms with Gasteiger partial charge in [-0.25, -0.2) is 4.79 Å². The molecular formula is C7H13NO6S. The van der Waals surface area contributed by atoms with E-state index in [9.17, 15) is 9.00 Å². The van der Waals surface area contributed by atoms with E-state index >= 15 is 0 Å². The molecule has 1 amide bonds. The largest absolute Gasteiger partial charge is 0.465 e. The zero-order valence-corrected chi connectivity index (χ0v) is 8.98. The first-order chi connectivity index (χ1) is 7.00. The third-order valence-corrected chi connectivity index (χ3v) is 2.59. The Bertz CT molecular complexity index is 260. The van der Waals surface area contributed by atoms with Crippen molar-refractivity contribution in [1.29, 1.82) is 0 Å². The van der Waals surface area contributed by atoms with Crippen molar-refractivity contribution in [2.45, 2.75) is 19.1 Å². The number of nitrogens with zero attached hydrogens (tertiary/aromatic N) is 1. The highest BCUT2D eigenvalue weighted by Crippen LogP contribution is 2.12. The van der Waals surface area contributed by atoms with Gasteiger partial charge in [-0.2, -0.15) is 4.21 Å². The van der Waals surface area contributed by atoms with Crippen molar-refractivity contribution in [3.8, 4) is 0 Å². The zero-order valence-electron chi connectivity index (χ0n) is 8.16. The minimum Gasteiger partial charge on any atom is -0.465 e. The molecule has 0 spiro atoms. The molecule has 0 aromatic heterocycles. The summed E-state index contributed by atoms with van der Waals surface area (Å²) in [6.45, 7) is 2.28. The van der Waals surface area contributed by atoms with Crippen LogP contribution in [-0.2, 0) is 20.3 Å². The lowest BCUT2D eigenvalue weighted by Crippen LogP contribution is -2.49. The van der Waals surface area contributed by atoms with E-state index in [1.54, 1.807) is 6.92 Å². The molecule has 3 atom stereocenters. The van der Waals surface area contributed by atoms with Crippen LogP contribution in [0.4, 0.5) is 4.79 Å². The SMILES string of the molecule is CC(OS(=O)O)[C@H]1CN(C(=O)O)CCO1. The van der Waals surface area contributed by atoms with Crippen molar-refractivity contribution in [2.75, 3.05) is 19.7 Å². The lowest BCUT2D eigenvalue weighted by molar-refractivity contribution is -0.0673. The van der Waals surface area contributed by atoms with Crippen LogP contribution >= 0.6 is 0 Å². The Kier molecular flexibility index (Phi) is 4.45. The topological polar surface area (TPSA) is 96.3 Å². The molecule has 0 aliphatic carbocycles. The molecule has 0 radical (unpaired) electrons. The Balaban J connectivity index is 2.48. The summed E-state index contributed by atoms with van der Waals surface area (Å²) in [5, 5.41) is 8.74. The summed E-state index contributed by atoms with van der Waals surface area (Å²) in [6, 6.07) is 0. The molecule has 1 aliphatic rings. The van der Waals surface area contributed by atoms with Gasteiger partial charge in [0, 0.05) is 6.54 Å². The van der Waals surface area contributed by atoms with Crippen LogP contribution in [0.2, 0.25) is 0 Å². The molecular weight excluding hydrogens is 226 g/mol. The standard InChI is InChI=1S/C7H13NO6S/c1-5(14-15(11)12)6-4-8(7(9)10)2-3-13-6/h5-6H,2-4H2,1H3,(H,9,10)(H,11,12)/t5?,6-/m1/s1. The van der Waals surface area contributed by atoms with Gasteiger partial charge in [0.2, 0.25) is 0 Å². The van der Waals surface area contributed by atoms with Gasteiger partial charge in [0.05, 0.1) is 13.2 Å². The van der Waals surface area contributed by atoms with Crippen LogP contribution < -0.4 is 0 Å². The van der Waals surface area contributed by atoms with Crippen molar-refractivity contribution < 1.29 is 27.6 Å². The number of carboxylic acid groups (broad SMARTS) is 1. The maximum Gasteiger partial charge on any atom is 0.407 e. The molecule has 1 heterocycles. The van der Waals surface area contributed by atoms with E-state index in [1.807, 2.05) is 0 Å². The molecule has 0 aromatic carbocycles. The summed E-state index contributed by atoms with van der Waals surface area (Å²) in [7, 11) is 0. The molecule has 88 valence electrons. The molecule has 0 saturated carbocycles. The van der Waals surface area contributed by atoms with Crippen LogP contribution in [0.3, 0.4) is 0 Å². The molecule has 1 saturated heterocycles. The highest BCUT2D eigenvalue weighted by molar-refractivity contribution is 7.74. The fourth-order valence-corrected chi connectivity index (χ4v) is 1.71. The van der Waals surface area contributed by atoms with E-state index in [0.29, 0.717) is 6.54 Å². The predicted octanol–water partition coefficient (Wildman–Crippen LogP) is -0.0930.